The lowest BCUT2D eigenvalue weighted by molar-refractivity contribution is 0.00683. The molecule has 1 aliphatic rings. The van der Waals surface area contributed by atoms with Gasteiger partial charge in [-0.05, 0) is 58.4 Å². The van der Waals surface area contributed by atoms with Gasteiger partial charge in [0.05, 0.1) is 6.10 Å². The lowest BCUT2D eigenvalue weighted by Gasteiger charge is -2.37. The summed E-state index contributed by atoms with van der Waals surface area (Å²) >= 11 is 0. The molecule has 1 aromatic rings. The normalized spacial score (nSPS) is 20.2. The molecule has 128 valence electrons. The first kappa shape index (κ1) is 17.8. The molecule has 2 rings (SSSR count). The third-order valence-corrected chi connectivity index (χ3v) is 4.21. The van der Waals surface area contributed by atoms with E-state index in [4.69, 9.17) is 4.74 Å². The lowest BCUT2D eigenvalue weighted by atomic mass is 9.95. The third kappa shape index (κ3) is 5.54. The van der Waals surface area contributed by atoms with Crippen LogP contribution in [0.3, 0.4) is 0 Å². The summed E-state index contributed by atoms with van der Waals surface area (Å²) in [7, 11) is 0. The molecule has 1 unspecified atom stereocenters. The molecule has 0 aliphatic carbocycles. The second kappa shape index (κ2) is 7.82. The number of rotatable bonds is 4. The molecule has 1 heterocycles. The van der Waals surface area contributed by atoms with Crippen molar-refractivity contribution in [2.45, 2.75) is 70.6 Å². The minimum atomic E-state index is -0.474. The van der Waals surface area contributed by atoms with E-state index in [0.717, 1.165) is 37.8 Å². The van der Waals surface area contributed by atoms with Gasteiger partial charge < -0.3 is 14.7 Å². The van der Waals surface area contributed by atoms with Crippen molar-refractivity contribution in [2.24, 2.45) is 0 Å². The Balaban J connectivity index is 1.92. The Kier molecular flexibility index (Phi) is 6.05. The van der Waals surface area contributed by atoms with Gasteiger partial charge in [-0.15, -0.1) is 0 Å². The van der Waals surface area contributed by atoms with Gasteiger partial charge in [0, 0.05) is 12.6 Å². The molecule has 0 bridgehead atoms. The van der Waals surface area contributed by atoms with Gasteiger partial charge in [-0.25, -0.2) is 4.79 Å². The molecule has 4 heteroatoms. The summed E-state index contributed by atoms with van der Waals surface area (Å²) in [5.74, 6) is 0. The van der Waals surface area contributed by atoms with E-state index in [1.807, 2.05) is 56.0 Å². The zero-order chi connectivity index (χ0) is 16.9. The van der Waals surface area contributed by atoms with E-state index < -0.39 is 11.7 Å². The molecular weight excluding hydrogens is 290 g/mol. The number of aliphatic hydroxyl groups excluding tert-OH is 1. The first-order valence-electron chi connectivity index (χ1n) is 8.59. The van der Waals surface area contributed by atoms with Crippen LogP contribution in [0.15, 0.2) is 30.3 Å². The number of amides is 1. The largest absolute Gasteiger partial charge is 0.444 e. The van der Waals surface area contributed by atoms with Gasteiger partial charge in [0.25, 0.3) is 0 Å². The van der Waals surface area contributed by atoms with E-state index in [9.17, 15) is 9.90 Å². The smallest absolute Gasteiger partial charge is 0.410 e. The second-order valence-corrected chi connectivity index (χ2v) is 7.33. The minimum Gasteiger partial charge on any atom is -0.444 e. The Morgan fingerprint density at radius 3 is 2.65 bits per heavy atom. The maximum Gasteiger partial charge on any atom is 0.410 e. The number of carbonyl (C=O) groups excluding carboxylic acids is 1. The van der Waals surface area contributed by atoms with Crippen molar-refractivity contribution in [3.8, 4) is 0 Å². The van der Waals surface area contributed by atoms with Gasteiger partial charge in [0.2, 0.25) is 0 Å². The van der Waals surface area contributed by atoms with Crippen molar-refractivity contribution < 1.29 is 14.6 Å². The Morgan fingerprint density at radius 2 is 2.00 bits per heavy atom. The van der Waals surface area contributed by atoms with Crippen molar-refractivity contribution in [2.75, 3.05) is 6.54 Å². The van der Waals surface area contributed by atoms with E-state index in [-0.39, 0.29) is 12.1 Å². The van der Waals surface area contributed by atoms with Crippen LogP contribution in [-0.2, 0) is 4.74 Å². The van der Waals surface area contributed by atoms with Crippen molar-refractivity contribution >= 4 is 6.09 Å². The summed E-state index contributed by atoms with van der Waals surface area (Å²) in [6, 6.07) is 9.87. The number of likely N-dealkylation sites (tertiary alicyclic amines) is 1. The van der Waals surface area contributed by atoms with Crippen molar-refractivity contribution in [1.82, 2.24) is 4.90 Å². The predicted octanol–water partition coefficient (Wildman–Crippen LogP) is 4.29. The Labute approximate surface area is 139 Å². The summed E-state index contributed by atoms with van der Waals surface area (Å²) in [4.78, 5) is 14.2. The molecule has 0 saturated carbocycles. The fourth-order valence-electron chi connectivity index (χ4n) is 3.05. The lowest BCUT2D eigenvalue weighted by Crippen LogP contribution is -2.46. The molecule has 1 N–H and O–H groups in total. The molecule has 1 amide bonds. The highest BCUT2D eigenvalue weighted by atomic mass is 16.6. The molecule has 0 aromatic heterocycles. The van der Waals surface area contributed by atoms with Crippen LogP contribution in [0.2, 0.25) is 0 Å². The van der Waals surface area contributed by atoms with Crippen LogP contribution in [0.25, 0.3) is 0 Å². The molecular formula is C19H29NO3. The van der Waals surface area contributed by atoms with Crippen LogP contribution in [0, 0.1) is 0 Å². The number of piperidine rings is 1. The fourth-order valence-corrected chi connectivity index (χ4v) is 3.05. The average molecular weight is 319 g/mol. The average Bonchev–Trinajstić information content (AvgIpc) is 2.52. The molecule has 4 nitrogen and oxygen atoms in total. The summed E-state index contributed by atoms with van der Waals surface area (Å²) in [5, 5.41) is 10.3. The molecule has 0 radical (unpaired) electrons. The van der Waals surface area contributed by atoms with Crippen LogP contribution in [0.1, 0.15) is 64.5 Å². The highest BCUT2D eigenvalue weighted by Gasteiger charge is 2.30. The van der Waals surface area contributed by atoms with Crippen molar-refractivity contribution in [3.63, 3.8) is 0 Å². The molecule has 2 atom stereocenters. The van der Waals surface area contributed by atoms with Gasteiger partial charge in [-0.3, -0.25) is 0 Å². The van der Waals surface area contributed by atoms with E-state index in [1.165, 1.54) is 0 Å². The maximum atomic E-state index is 12.4. The Hall–Kier alpha value is -1.55. The van der Waals surface area contributed by atoms with Crippen LogP contribution in [-0.4, -0.2) is 34.3 Å². The number of hydrogen-bond donors (Lipinski definition) is 1. The Morgan fingerprint density at radius 1 is 1.30 bits per heavy atom. The number of nitrogens with zero attached hydrogens (tertiary/aromatic N) is 1. The summed E-state index contributed by atoms with van der Waals surface area (Å²) in [6.07, 6.45) is 3.90. The summed E-state index contributed by atoms with van der Waals surface area (Å²) in [6.45, 7) is 6.43. The first-order valence-corrected chi connectivity index (χ1v) is 8.59. The van der Waals surface area contributed by atoms with E-state index in [2.05, 4.69) is 0 Å². The van der Waals surface area contributed by atoms with E-state index in [1.54, 1.807) is 0 Å². The van der Waals surface area contributed by atoms with Crippen LogP contribution in [0.5, 0.6) is 0 Å². The zero-order valence-corrected chi connectivity index (χ0v) is 14.5. The number of carbonyl (C=O) groups is 1. The summed E-state index contributed by atoms with van der Waals surface area (Å²) in [5.41, 5.74) is 0.468. The fraction of sp³-hybridized carbons (Fsp3) is 0.632. The molecule has 23 heavy (non-hydrogen) atoms. The van der Waals surface area contributed by atoms with E-state index >= 15 is 0 Å². The van der Waals surface area contributed by atoms with Crippen molar-refractivity contribution in [1.29, 1.82) is 0 Å². The van der Waals surface area contributed by atoms with Gasteiger partial charge in [0.1, 0.15) is 5.60 Å². The van der Waals surface area contributed by atoms with Crippen LogP contribution < -0.4 is 0 Å². The van der Waals surface area contributed by atoms with Gasteiger partial charge in [-0.1, -0.05) is 30.3 Å². The summed E-state index contributed by atoms with van der Waals surface area (Å²) < 4.78 is 5.52. The molecule has 0 spiro atoms. The molecule has 1 fully saturated rings. The maximum absolute atomic E-state index is 12.4. The van der Waals surface area contributed by atoms with Gasteiger partial charge >= 0.3 is 6.09 Å². The van der Waals surface area contributed by atoms with Gasteiger partial charge in [0.15, 0.2) is 0 Å². The topological polar surface area (TPSA) is 49.8 Å². The van der Waals surface area contributed by atoms with Crippen LogP contribution >= 0.6 is 0 Å². The number of benzene rings is 1. The Bertz CT molecular complexity index is 495. The van der Waals surface area contributed by atoms with E-state index in [0.29, 0.717) is 6.42 Å². The second-order valence-electron chi connectivity index (χ2n) is 7.33. The minimum absolute atomic E-state index is 0.164. The quantitative estimate of drug-likeness (QED) is 0.900. The third-order valence-electron chi connectivity index (χ3n) is 4.21. The first-order chi connectivity index (χ1) is 10.9. The monoisotopic (exact) mass is 319 g/mol. The number of ether oxygens (including phenoxy) is 1. The predicted molar refractivity (Wildman–Crippen MR) is 91.2 cm³/mol. The zero-order valence-electron chi connectivity index (χ0n) is 14.5. The van der Waals surface area contributed by atoms with Crippen molar-refractivity contribution in [3.05, 3.63) is 35.9 Å². The SMILES string of the molecule is CC(C)(C)OC(=O)N1CCCCC1CC[C@H](O)c1ccccc1. The van der Waals surface area contributed by atoms with Gasteiger partial charge in [-0.2, -0.15) is 0 Å². The highest BCUT2D eigenvalue weighted by molar-refractivity contribution is 5.68. The van der Waals surface area contributed by atoms with Crippen LogP contribution in [0.4, 0.5) is 4.79 Å². The number of hydrogen-bond acceptors (Lipinski definition) is 3. The number of aliphatic hydroxyl groups is 1. The molecule has 1 aliphatic heterocycles. The molecule has 1 aromatic carbocycles. The standard InChI is InChI=1S/C19H29NO3/c1-19(2,3)23-18(22)20-14-8-7-11-16(20)12-13-17(21)15-9-5-4-6-10-15/h4-6,9-10,16-17,21H,7-8,11-14H2,1-3H3/t16?,17-/m0/s1. The molecule has 1 saturated heterocycles. The highest BCUT2D eigenvalue weighted by Crippen LogP contribution is 2.27.